The number of carbonyl (C=O) groups is 1. The number of nitrogens with one attached hydrogen (secondary N) is 2. The van der Waals surface area contributed by atoms with Crippen molar-refractivity contribution in [3.8, 4) is 0 Å². The molecule has 4 N–H and O–H groups in total. The smallest absolute Gasteiger partial charge is 0.251 e. The van der Waals surface area contributed by atoms with Gasteiger partial charge in [0.15, 0.2) is 0 Å². The molecule has 5 atom stereocenters. The summed E-state index contributed by atoms with van der Waals surface area (Å²) in [6, 6.07) is 12.4. The van der Waals surface area contributed by atoms with Crippen molar-refractivity contribution in [1.82, 2.24) is 15.6 Å². The van der Waals surface area contributed by atoms with Crippen LogP contribution < -0.4 is 10.6 Å². The molecule has 1 amide bonds. The third-order valence-electron chi connectivity index (χ3n) is 5.33. The van der Waals surface area contributed by atoms with Crippen LogP contribution in [0.1, 0.15) is 39.6 Å². The van der Waals surface area contributed by atoms with Crippen LogP contribution in [-0.4, -0.2) is 47.4 Å². The van der Waals surface area contributed by atoms with E-state index in [0.29, 0.717) is 41.9 Å². The van der Waals surface area contributed by atoms with E-state index in [1.165, 1.54) is 0 Å². The summed E-state index contributed by atoms with van der Waals surface area (Å²) in [5, 5.41) is 26.6. The first-order valence-corrected chi connectivity index (χ1v) is 9.07. The molecule has 0 spiro atoms. The predicted octanol–water partition coefficient (Wildman–Crippen LogP) is 0.748. The molecule has 27 heavy (non-hydrogen) atoms. The molecule has 2 aromatic rings. The number of rotatable bonds is 6. The van der Waals surface area contributed by atoms with Gasteiger partial charge in [0.2, 0.25) is 0 Å². The van der Waals surface area contributed by atoms with Crippen molar-refractivity contribution in [2.75, 3.05) is 20.3 Å². The number of hydrogen-bond donors (Lipinski definition) is 4. The van der Waals surface area contributed by atoms with Gasteiger partial charge in [-0.3, -0.25) is 15.1 Å². The molecule has 2 fully saturated rings. The Hall–Kier alpha value is -2.32. The molecular weight excluding hydrogens is 346 g/mol. The molecule has 0 radical (unpaired) electrons. The van der Waals surface area contributed by atoms with Gasteiger partial charge in [0.1, 0.15) is 12.3 Å². The van der Waals surface area contributed by atoms with E-state index in [1.807, 2.05) is 18.2 Å². The first-order valence-electron chi connectivity index (χ1n) is 9.07. The Kier molecular flexibility index (Phi) is 4.92. The van der Waals surface area contributed by atoms with E-state index in [0.717, 1.165) is 0 Å². The molecule has 1 aliphatic heterocycles. The van der Waals surface area contributed by atoms with E-state index in [4.69, 9.17) is 4.74 Å². The molecule has 142 valence electrons. The van der Waals surface area contributed by atoms with Gasteiger partial charge in [-0.15, -0.1) is 0 Å². The van der Waals surface area contributed by atoms with E-state index >= 15 is 0 Å². The van der Waals surface area contributed by atoms with Crippen LogP contribution >= 0.6 is 0 Å². The summed E-state index contributed by atoms with van der Waals surface area (Å²) in [7, 11) is 1.60. The number of nitrogens with zero attached hydrogens (tertiary/aromatic N) is 1. The minimum Gasteiger partial charge on any atom is -0.382 e. The van der Waals surface area contributed by atoms with Gasteiger partial charge < -0.3 is 20.3 Å². The highest BCUT2D eigenvalue weighted by Crippen LogP contribution is 2.44. The standard InChI is InChI=1S/C20H23N3O4/c1-21-20(26)16-8-12(19(25)23-17-13-9-27-10-14(13)17)7-15(22-16)18(24)11-5-3-2-4-6-11/h2-8,13-14,17-18,20-21,24,26H,9-10H2,1H3,(H,23,25)/t13-,14+,17?,18-,20?/m1/s1. The number of aromatic nitrogens is 1. The van der Waals surface area contributed by atoms with Crippen LogP contribution in [0.5, 0.6) is 0 Å². The number of carbonyl (C=O) groups excluding carboxylic acids is 1. The normalized spacial score (nSPS) is 25.5. The molecule has 2 unspecified atom stereocenters. The number of aliphatic hydroxyl groups is 2. The maximum absolute atomic E-state index is 12.7. The molecule has 0 bridgehead atoms. The number of amides is 1. The predicted molar refractivity (Wildman–Crippen MR) is 97.8 cm³/mol. The minimum atomic E-state index is -1.03. The zero-order chi connectivity index (χ0) is 19.0. The number of benzene rings is 1. The summed E-state index contributed by atoms with van der Waals surface area (Å²) in [5.41, 5.74) is 1.64. The molecule has 2 aliphatic rings. The Morgan fingerprint density at radius 1 is 1.15 bits per heavy atom. The Labute approximate surface area is 157 Å². The second-order valence-electron chi connectivity index (χ2n) is 7.07. The fourth-order valence-corrected chi connectivity index (χ4v) is 3.63. The fraction of sp³-hybridized carbons (Fsp3) is 0.400. The topological polar surface area (TPSA) is 104 Å². The number of aliphatic hydroxyl groups excluding tert-OH is 2. The molecule has 1 aromatic heterocycles. The summed E-state index contributed by atoms with van der Waals surface area (Å²) in [6.07, 6.45) is -2.02. The molecule has 1 aromatic carbocycles. The van der Waals surface area contributed by atoms with Gasteiger partial charge in [0, 0.05) is 23.4 Å². The summed E-state index contributed by atoms with van der Waals surface area (Å²) in [5.74, 6) is 0.558. The van der Waals surface area contributed by atoms with Crippen LogP contribution in [0.15, 0.2) is 42.5 Å². The molecule has 7 heteroatoms. The highest BCUT2D eigenvalue weighted by molar-refractivity contribution is 5.95. The number of fused-ring (bicyclic) bond motifs is 1. The molecule has 1 saturated carbocycles. The van der Waals surface area contributed by atoms with E-state index in [9.17, 15) is 15.0 Å². The largest absolute Gasteiger partial charge is 0.382 e. The second-order valence-corrected chi connectivity index (χ2v) is 7.07. The third kappa shape index (κ3) is 3.59. The van der Waals surface area contributed by atoms with Crippen molar-refractivity contribution in [3.05, 3.63) is 65.0 Å². The van der Waals surface area contributed by atoms with E-state index in [1.54, 1.807) is 31.3 Å². The monoisotopic (exact) mass is 369 g/mol. The summed E-state index contributed by atoms with van der Waals surface area (Å²) in [4.78, 5) is 17.1. The van der Waals surface area contributed by atoms with E-state index in [2.05, 4.69) is 15.6 Å². The maximum Gasteiger partial charge on any atom is 0.251 e. The fourth-order valence-electron chi connectivity index (χ4n) is 3.63. The van der Waals surface area contributed by atoms with Crippen molar-refractivity contribution in [2.24, 2.45) is 11.8 Å². The van der Waals surface area contributed by atoms with Crippen molar-refractivity contribution in [1.29, 1.82) is 0 Å². The molecule has 2 heterocycles. The highest BCUT2D eigenvalue weighted by atomic mass is 16.5. The second kappa shape index (κ2) is 7.36. The quantitative estimate of drug-likeness (QED) is 0.560. The highest BCUT2D eigenvalue weighted by Gasteiger charge is 2.54. The van der Waals surface area contributed by atoms with Gasteiger partial charge in [0.25, 0.3) is 5.91 Å². The molecule has 1 saturated heterocycles. The van der Waals surface area contributed by atoms with Crippen LogP contribution in [-0.2, 0) is 4.74 Å². The van der Waals surface area contributed by atoms with Crippen molar-refractivity contribution in [3.63, 3.8) is 0 Å². The summed E-state index contributed by atoms with van der Waals surface area (Å²) in [6.45, 7) is 1.38. The minimum absolute atomic E-state index is 0.139. The van der Waals surface area contributed by atoms with Crippen LogP contribution in [0.4, 0.5) is 0 Å². The van der Waals surface area contributed by atoms with Gasteiger partial charge in [-0.2, -0.15) is 0 Å². The lowest BCUT2D eigenvalue weighted by Gasteiger charge is -2.17. The van der Waals surface area contributed by atoms with Crippen molar-refractivity contribution >= 4 is 5.91 Å². The zero-order valence-electron chi connectivity index (χ0n) is 15.0. The lowest BCUT2D eigenvalue weighted by Crippen LogP contribution is -2.30. The summed E-state index contributed by atoms with van der Waals surface area (Å²) >= 11 is 0. The summed E-state index contributed by atoms with van der Waals surface area (Å²) < 4.78 is 5.35. The third-order valence-corrected chi connectivity index (χ3v) is 5.33. The van der Waals surface area contributed by atoms with E-state index < -0.39 is 12.3 Å². The number of ether oxygens (including phenoxy) is 1. The first-order chi connectivity index (χ1) is 13.1. The van der Waals surface area contributed by atoms with Gasteiger partial charge in [-0.25, -0.2) is 0 Å². The first kappa shape index (κ1) is 18.1. The maximum atomic E-state index is 12.7. The lowest BCUT2D eigenvalue weighted by molar-refractivity contribution is 0.0927. The molecular formula is C20H23N3O4. The van der Waals surface area contributed by atoms with E-state index in [-0.39, 0.29) is 17.6 Å². The number of pyridine rings is 1. The van der Waals surface area contributed by atoms with Crippen LogP contribution in [0.2, 0.25) is 0 Å². The van der Waals surface area contributed by atoms with Gasteiger partial charge in [-0.1, -0.05) is 30.3 Å². The SMILES string of the molecule is CNC(O)c1cc(C(=O)NC2[C@H]3COC[C@@H]23)cc([C@H](O)c2ccccc2)n1. The molecule has 7 nitrogen and oxygen atoms in total. The average molecular weight is 369 g/mol. The Balaban J connectivity index is 1.61. The Morgan fingerprint density at radius 2 is 1.81 bits per heavy atom. The lowest BCUT2D eigenvalue weighted by atomic mass is 10.0. The average Bonchev–Trinajstić information content (AvgIpc) is 3.13. The molecule has 4 rings (SSSR count). The van der Waals surface area contributed by atoms with Crippen LogP contribution in [0.3, 0.4) is 0 Å². The Bertz CT molecular complexity index is 819. The van der Waals surface area contributed by atoms with Crippen LogP contribution in [0, 0.1) is 11.8 Å². The van der Waals surface area contributed by atoms with Gasteiger partial charge in [-0.05, 0) is 24.7 Å². The molecule has 1 aliphatic carbocycles. The van der Waals surface area contributed by atoms with Crippen molar-refractivity contribution in [2.45, 2.75) is 18.4 Å². The number of hydrogen-bond acceptors (Lipinski definition) is 6. The van der Waals surface area contributed by atoms with Gasteiger partial charge >= 0.3 is 0 Å². The zero-order valence-corrected chi connectivity index (χ0v) is 15.0. The van der Waals surface area contributed by atoms with Crippen LogP contribution in [0.25, 0.3) is 0 Å². The Morgan fingerprint density at radius 3 is 2.48 bits per heavy atom. The van der Waals surface area contributed by atoms with Gasteiger partial charge in [0.05, 0.1) is 24.6 Å². The van der Waals surface area contributed by atoms with Crippen molar-refractivity contribution < 1.29 is 19.7 Å².